The predicted octanol–water partition coefficient (Wildman–Crippen LogP) is 3.21. The van der Waals surface area contributed by atoms with Gasteiger partial charge in [-0.3, -0.25) is 14.3 Å². The average molecular weight is 476 g/mol. The van der Waals surface area contributed by atoms with Crippen LogP contribution in [0.2, 0.25) is 0 Å². The Morgan fingerprint density at radius 1 is 1.09 bits per heavy atom. The van der Waals surface area contributed by atoms with Gasteiger partial charge in [-0.2, -0.15) is 0 Å². The van der Waals surface area contributed by atoms with Crippen molar-refractivity contribution in [2.24, 2.45) is 23.2 Å². The Bertz CT molecular complexity index is 1030. The number of nitrogens with zero attached hydrogens (tertiary/aromatic N) is 1. The van der Waals surface area contributed by atoms with Gasteiger partial charge in [0.15, 0.2) is 0 Å². The van der Waals surface area contributed by atoms with Crippen molar-refractivity contribution in [3.8, 4) is 5.75 Å². The smallest absolute Gasteiger partial charge is 0.247 e. The average Bonchev–Trinajstić information content (AvgIpc) is 3.22. The lowest BCUT2D eigenvalue weighted by molar-refractivity contribution is -0.160. The highest BCUT2D eigenvalue weighted by Gasteiger charge is 2.56. The van der Waals surface area contributed by atoms with Gasteiger partial charge >= 0.3 is 0 Å². The first-order valence-electron chi connectivity index (χ1n) is 11.9. The molecule has 6 rings (SSSR count). The maximum Gasteiger partial charge on any atom is 0.247 e. The number of hydrogen-bond acceptors (Lipinski definition) is 5. The number of likely N-dealkylation sites (tertiary alicyclic amines) is 1. The molecule has 5 aliphatic rings. The van der Waals surface area contributed by atoms with Gasteiger partial charge in [-0.1, -0.05) is 0 Å². The quantitative estimate of drug-likeness (QED) is 0.657. The van der Waals surface area contributed by atoms with Crippen LogP contribution in [0.5, 0.6) is 5.75 Å². The number of carbonyl (C=O) groups excluding carboxylic acids is 2. The summed E-state index contributed by atoms with van der Waals surface area (Å²) in [5.74, 6) is 2.36. The first-order valence-corrected chi connectivity index (χ1v) is 13.8. The number of hydrogen-bond donors (Lipinski definition) is 2. The van der Waals surface area contributed by atoms with Gasteiger partial charge in [-0.15, -0.1) is 0 Å². The fourth-order valence-electron chi connectivity index (χ4n) is 7.24. The maximum absolute atomic E-state index is 13.8. The van der Waals surface area contributed by atoms with Crippen LogP contribution in [0.4, 0.5) is 11.4 Å². The van der Waals surface area contributed by atoms with Crippen molar-refractivity contribution in [1.82, 2.24) is 4.90 Å². The molecule has 2 amide bonds. The lowest BCUT2D eigenvalue weighted by atomic mass is 9.49. The molecule has 1 saturated heterocycles. The number of nitrogens with one attached hydrogen (secondary N) is 2. The number of sulfonamides is 1. The van der Waals surface area contributed by atoms with E-state index in [0.29, 0.717) is 47.8 Å². The monoisotopic (exact) mass is 475 g/mol. The molecule has 5 fully saturated rings. The van der Waals surface area contributed by atoms with Crippen LogP contribution >= 0.6 is 0 Å². The predicted molar refractivity (Wildman–Crippen MR) is 125 cm³/mol. The number of methoxy groups -OCH3 is 1. The molecule has 1 aliphatic heterocycles. The summed E-state index contributed by atoms with van der Waals surface area (Å²) in [6.07, 6.45) is 9.38. The summed E-state index contributed by atoms with van der Waals surface area (Å²) >= 11 is 0. The molecule has 1 heterocycles. The van der Waals surface area contributed by atoms with Gasteiger partial charge < -0.3 is 15.0 Å². The minimum Gasteiger partial charge on any atom is -0.494 e. The van der Waals surface area contributed by atoms with Crippen molar-refractivity contribution >= 4 is 33.2 Å². The van der Waals surface area contributed by atoms with Crippen LogP contribution in [-0.4, -0.2) is 51.1 Å². The highest BCUT2D eigenvalue weighted by molar-refractivity contribution is 7.92. The maximum atomic E-state index is 13.8. The van der Waals surface area contributed by atoms with Crippen molar-refractivity contribution in [1.29, 1.82) is 0 Å². The molecule has 1 aromatic carbocycles. The van der Waals surface area contributed by atoms with Crippen LogP contribution in [0.25, 0.3) is 0 Å². The van der Waals surface area contributed by atoms with E-state index in [4.69, 9.17) is 4.74 Å². The van der Waals surface area contributed by atoms with E-state index in [9.17, 15) is 18.0 Å². The zero-order chi connectivity index (χ0) is 23.4. The van der Waals surface area contributed by atoms with E-state index in [1.165, 1.54) is 26.4 Å². The Balaban J connectivity index is 1.30. The summed E-state index contributed by atoms with van der Waals surface area (Å²) in [7, 11) is -2.01. The lowest BCUT2D eigenvalue weighted by Gasteiger charge is -2.56. The number of rotatable bonds is 6. The number of benzene rings is 1. The Morgan fingerprint density at radius 2 is 1.73 bits per heavy atom. The van der Waals surface area contributed by atoms with Gasteiger partial charge in [0.1, 0.15) is 11.8 Å². The van der Waals surface area contributed by atoms with Crippen LogP contribution in [0, 0.1) is 23.2 Å². The number of anilines is 2. The molecule has 1 aromatic rings. The second kappa shape index (κ2) is 8.18. The second-order valence-electron chi connectivity index (χ2n) is 10.6. The largest absolute Gasteiger partial charge is 0.494 e. The molecular formula is C24H33N3O5S. The van der Waals surface area contributed by atoms with Crippen LogP contribution in [0.3, 0.4) is 0 Å². The van der Waals surface area contributed by atoms with Gasteiger partial charge in [0.05, 0.1) is 24.5 Å². The molecule has 1 unspecified atom stereocenters. The van der Waals surface area contributed by atoms with E-state index in [0.717, 1.165) is 31.9 Å². The molecule has 0 aromatic heterocycles. The van der Waals surface area contributed by atoms with Gasteiger partial charge in [0.25, 0.3) is 0 Å². The Labute approximate surface area is 195 Å². The van der Waals surface area contributed by atoms with Gasteiger partial charge in [0.2, 0.25) is 21.8 Å². The van der Waals surface area contributed by atoms with Crippen LogP contribution in [-0.2, 0) is 19.6 Å². The molecule has 33 heavy (non-hydrogen) atoms. The standard InChI is InChI=1S/C24H33N3O5S/c1-32-21-11-18(5-6-19(21)26-33(2,30)31)25-22(28)20-4-3-7-27(20)23(29)24-12-15-8-16(13-24)10-17(9-15)14-24/h5-6,11,15-17,20,26H,3-4,7-10,12-14H2,1-2H3,(H,25,28). The summed E-state index contributed by atoms with van der Waals surface area (Å²) in [6, 6.07) is 4.31. The van der Waals surface area contributed by atoms with E-state index in [1.54, 1.807) is 18.2 Å². The Morgan fingerprint density at radius 3 is 2.30 bits per heavy atom. The van der Waals surface area contributed by atoms with Gasteiger partial charge in [0, 0.05) is 18.3 Å². The molecule has 4 bridgehead atoms. The Hall–Kier alpha value is -2.29. The fourth-order valence-corrected chi connectivity index (χ4v) is 7.81. The summed E-state index contributed by atoms with van der Waals surface area (Å²) in [5.41, 5.74) is 0.558. The van der Waals surface area contributed by atoms with E-state index >= 15 is 0 Å². The first-order chi connectivity index (χ1) is 15.7. The summed E-state index contributed by atoms with van der Waals surface area (Å²) < 4.78 is 30.8. The molecule has 0 radical (unpaired) electrons. The second-order valence-corrected chi connectivity index (χ2v) is 12.4. The van der Waals surface area contributed by atoms with Crippen molar-refractivity contribution in [2.45, 2.75) is 57.4 Å². The highest BCUT2D eigenvalue weighted by atomic mass is 32.2. The number of ether oxygens (including phenoxy) is 1. The van der Waals surface area contributed by atoms with E-state index in [-0.39, 0.29) is 17.2 Å². The van der Waals surface area contributed by atoms with Crippen molar-refractivity contribution in [2.75, 3.05) is 29.9 Å². The third kappa shape index (κ3) is 4.32. The van der Waals surface area contributed by atoms with E-state index in [2.05, 4.69) is 10.0 Å². The molecule has 4 aliphatic carbocycles. The molecule has 1 atom stereocenters. The number of carbonyl (C=O) groups is 2. The van der Waals surface area contributed by atoms with E-state index < -0.39 is 16.1 Å². The molecule has 8 nitrogen and oxygen atoms in total. The summed E-state index contributed by atoms with van der Waals surface area (Å²) in [6.45, 7) is 0.638. The molecule has 0 spiro atoms. The van der Waals surface area contributed by atoms with Crippen LogP contribution in [0.1, 0.15) is 51.4 Å². The van der Waals surface area contributed by atoms with Gasteiger partial charge in [-0.25, -0.2) is 8.42 Å². The SMILES string of the molecule is COc1cc(NC(=O)C2CCCN2C(=O)C23CC4CC(CC(C4)C2)C3)ccc1NS(C)(=O)=O. The van der Waals surface area contributed by atoms with Crippen molar-refractivity contribution in [3.05, 3.63) is 18.2 Å². The van der Waals surface area contributed by atoms with Crippen molar-refractivity contribution in [3.63, 3.8) is 0 Å². The lowest BCUT2D eigenvalue weighted by Crippen LogP contribution is -2.56. The Kier molecular flexibility index (Phi) is 5.58. The molecular weight excluding hydrogens is 442 g/mol. The third-order valence-electron chi connectivity index (χ3n) is 8.07. The third-order valence-corrected chi connectivity index (χ3v) is 8.66. The van der Waals surface area contributed by atoms with E-state index in [1.807, 2.05) is 4.90 Å². The normalized spacial score (nSPS) is 32.6. The zero-order valence-electron chi connectivity index (χ0n) is 19.3. The summed E-state index contributed by atoms with van der Waals surface area (Å²) in [4.78, 5) is 28.9. The molecule has 2 N–H and O–H groups in total. The van der Waals surface area contributed by atoms with Crippen LogP contribution < -0.4 is 14.8 Å². The first kappa shape index (κ1) is 22.5. The van der Waals surface area contributed by atoms with Crippen LogP contribution in [0.15, 0.2) is 18.2 Å². The minimum atomic E-state index is -3.46. The summed E-state index contributed by atoms with van der Waals surface area (Å²) in [5, 5.41) is 2.92. The van der Waals surface area contributed by atoms with Crippen molar-refractivity contribution < 1.29 is 22.7 Å². The molecule has 4 saturated carbocycles. The zero-order valence-corrected chi connectivity index (χ0v) is 20.1. The fraction of sp³-hybridized carbons (Fsp3) is 0.667. The topological polar surface area (TPSA) is 105 Å². The minimum absolute atomic E-state index is 0.198. The molecule has 9 heteroatoms. The number of amides is 2. The molecule has 180 valence electrons. The highest BCUT2D eigenvalue weighted by Crippen LogP contribution is 2.60. The van der Waals surface area contributed by atoms with Gasteiger partial charge in [-0.05, 0) is 81.3 Å².